The van der Waals surface area contributed by atoms with Gasteiger partial charge in [0.15, 0.2) is 4.34 Å². The Balaban J connectivity index is 1.58. The van der Waals surface area contributed by atoms with E-state index in [0.717, 1.165) is 10.1 Å². The van der Waals surface area contributed by atoms with Crippen LogP contribution < -0.4 is 5.32 Å². The summed E-state index contributed by atoms with van der Waals surface area (Å²) in [6, 6.07) is 10.1. The van der Waals surface area contributed by atoms with E-state index in [-0.39, 0.29) is 5.91 Å². The number of nitrogens with zero attached hydrogens (tertiary/aromatic N) is 4. The van der Waals surface area contributed by atoms with Crippen LogP contribution in [-0.2, 0) is 12.8 Å². The molecule has 1 N–H and O–H groups in total. The predicted molar refractivity (Wildman–Crippen MR) is 87.1 cm³/mol. The largest absolute Gasteiger partial charge is 0.340 e. The standard InChI is InChI=1S/C14H13N5OS2/c1-19-7-11(15-9-19)12(20)16-13-17-14(22-18-13)21-8-10-5-3-2-4-6-10/h2-7,9H,8H2,1H3,(H,16,18,20). The maximum absolute atomic E-state index is 11.9. The fraction of sp³-hybridized carbons (Fsp3) is 0.143. The third-order valence-electron chi connectivity index (χ3n) is 2.78. The van der Waals surface area contributed by atoms with Crippen molar-refractivity contribution in [1.82, 2.24) is 18.9 Å². The van der Waals surface area contributed by atoms with Crippen molar-refractivity contribution in [3.63, 3.8) is 0 Å². The van der Waals surface area contributed by atoms with Gasteiger partial charge >= 0.3 is 0 Å². The number of carbonyl (C=O) groups excluding carboxylic acids is 1. The lowest BCUT2D eigenvalue weighted by atomic mass is 10.2. The van der Waals surface area contributed by atoms with Gasteiger partial charge < -0.3 is 4.57 Å². The Morgan fingerprint density at radius 3 is 2.91 bits per heavy atom. The Morgan fingerprint density at radius 1 is 1.36 bits per heavy atom. The molecule has 0 radical (unpaired) electrons. The average Bonchev–Trinajstić information content (AvgIpc) is 3.15. The molecule has 0 aliphatic rings. The van der Waals surface area contributed by atoms with Gasteiger partial charge in [0, 0.05) is 19.0 Å². The van der Waals surface area contributed by atoms with Crippen molar-refractivity contribution in [3.8, 4) is 0 Å². The highest BCUT2D eigenvalue weighted by atomic mass is 32.2. The van der Waals surface area contributed by atoms with Crippen LogP contribution in [0.4, 0.5) is 5.95 Å². The minimum atomic E-state index is -0.307. The average molecular weight is 331 g/mol. The molecule has 0 aliphatic carbocycles. The highest BCUT2D eigenvalue weighted by Gasteiger charge is 2.12. The van der Waals surface area contributed by atoms with Gasteiger partial charge in [-0.1, -0.05) is 42.1 Å². The van der Waals surface area contributed by atoms with E-state index >= 15 is 0 Å². The van der Waals surface area contributed by atoms with Crippen molar-refractivity contribution < 1.29 is 4.79 Å². The SMILES string of the molecule is Cn1cnc(C(=O)Nc2nsc(SCc3ccccc3)n2)c1. The van der Waals surface area contributed by atoms with Gasteiger partial charge in [-0.25, -0.2) is 4.98 Å². The Hall–Kier alpha value is -2.19. The smallest absolute Gasteiger partial charge is 0.278 e. The van der Waals surface area contributed by atoms with Gasteiger partial charge in [0.05, 0.1) is 6.33 Å². The highest BCUT2D eigenvalue weighted by Crippen LogP contribution is 2.25. The number of anilines is 1. The molecule has 112 valence electrons. The molecule has 1 amide bonds. The lowest BCUT2D eigenvalue weighted by molar-refractivity contribution is 0.102. The van der Waals surface area contributed by atoms with Crippen molar-refractivity contribution in [2.45, 2.75) is 10.1 Å². The van der Waals surface area contributed by atoms with Crippen LogP contribution >= 0.6 is 23.3 Å². The molecule has 0 spiro atoms. The number of amides is 1. The number of aryl methyl sites for hydroxylation is 1. The summed E-state index contributed by atoms with van der Waals surface area (Å²) < 4.78 is 6.68. The van der Waals surface area contributed by atoms with E-state index < -0.39 is 0 Å². The topological polar surface area (TPSA) is 72.7 Å². The molecule has 6 nitrogen and oxygen atoms in total. The summed E-state index contributed by atoms with van der Waals surface area (Å²) in [6.07, 6.45) is 3.22. The van der Waals surface area contributed by atoms with E-state index in [2.05, 4.69) is 31.8 Å². The van der Waals surface area contributed by atoms with Gasteiger partial charge in [0.1, 0.15) is 5.69 Å². The summed E-state index contributed by atoms with van der Waals surface area (Å²) in [4.78, 5) is 20.2. The molecule has 3 rings (SSSR count). The summed E-state index contributed by atoms with van der Waals surface area (Å²) in [5, 5.41) is 2.65. The number of imidazole rings is 1. The minimum absolute atomic E-state index is 0.307. The highest BCUT2D eigenvalue weighted by molar-refractivity contribution is 8.00. The van der Waals surface area contributed by atoms with Crippen molar-refractivity contribution >= 4 is 35.1 Å². The zero-order valence-corrected chi connectivity index (χ0v) is 13.4. The van der Waals surface area contributed by atoms with Crippen molar-refractivity contribution in [2.75, 3.05) is 5.32 Å². The second-order valence-electron chi connectivity index (χ2n) is 4.54. The number of aromatic nitrogens is 4. The Kier molecular flexibility index (Phi) is 4.50. The minimum Gasteiger partial charge on any atom is -0.340 e. The molecule has 2 aromatic heterocycles. The zero-order valence-electron chi connectivity index (χ0n) is 11.8. The van der Waals surface area contributed by atoms with Crippen molar-refractivity contribution in [1.29, 1.82) is 0 Å². The fourth-order valence-electron chi connectivity index (χ4n) is 1.73. The van der Waals surface area contributed by atoms with Gasteiger partial charge in [-0.15, -0.1) is 0 Å². The number of hydrogen-bond donors (Lipinski definition) is 1. The molecule has 0 saturated carbocycles. The lowest BCUT2D eigenvalue weighted by Gasteiger charge is -1.97. The fourth-order valence-corrected chi connectivity index (χ4v) is 3.25. The molecule has 0 atom stereocenters. The van der Waals surface area contributed by atoms with Crippen LogP contribution in [0.5, 0.6) is 0 Å². The summed E-state index contributed by atoms with van der Waals surface area (Å²) in [5.74, 6) is 0.832. The third-order valence-corrected chi connectivity index (χ3v) is 4.68. The van der Waals surface area contributed by atoms with Crippen LogP contribution in [0.3, 0.4) is 0 Å². The van der Waals surface area contributed by atoms with E-state index in [1.165, 1.54) is 17.1 Å². The molecule has 1 aromatic carbocycles. The number of nitrogens with one attached hydrogen (secondary N) is 1. The van der Waals surface area contributed by atoms with Gasteiger partial charge in [-0.3, -0.25) is 10.1 Å². The molecule has 0 saturated heterocycles. The second-order valence-corrected chi connectivity index (χ2v) is 6.51. The number of hydrogen-bond acceptors (Lipinski definition) is 6. The maximum Gasteiger partial charge on any atom is 0.278 e. The van der Waals surface area contributed by atoms with Gasteiger partial charge in [0.25, 0.3) is 5.91 Å². The number of thioether (sulfide) groups is 1. The normalized spacial score (nSPS) is 10.6. The monoisotopic (exact) mass is 331 g/mol. The zero-order chi connectivity index (χ0) is 15.4. The van der Waals surface area contributed by atoms with Gasteiger partial charge in [0.2, 0.25) is 5.95 Å². The molecule has 3 aromatic rings. The van der Waals surface area contributed by atoms with Crippen molar-refractivity contribution in [3.05, 3.63) is 54.1 Å². The molecule has 22 heavy (non-hydrogen) atoms. The van der Waals surface area contributed by atoms with Crippen LogP contribution in [0, 0.1) is 0 Å². The van der Waals surface area contributed by atoms with Crippen LogP contribution in [0.15, 0.2) is 47.2 Å². The first-order valence-corrected chi connectivity index (χ1v) is 8.26. The first-order valence-electron chi connectivity index (χ1n) is 6.50. The molecule has 0 fully saturated rings. The summed E-state index contributed by atoms with van der Waals surface area (Å²) in [6.45, 7) is 0. The third kappa shape index (κ3) is 3.71. The van der Waals surface area contributed by atoms with Crippen LogP contribution in [-0.4, -0.2) is 24.8 Å². The summed E-state index contributed by atoms with van der Waals surface area (Å²) in [7, 11) is 1.81. The molecule has 0 aliphatic heterocycles. The molecule has 2 heterocycles. The van der Waals surface area contributed by atoms with Gasteiger partial charge in [-0.2, -0.15) is 9.36 Å². The van der Waals surface area contributed by atoms with E-state index in [9.17, 15) is 4.79 Å². The molecular formula is C14H13N5OS2. The van der Waals surface area contributed by atoms with Gasteiger partial charge in [-0.05, 0) is 17.1 Å². The van der Waals surface area contributed by atoms with E-state index in [0.29, 0.717) is 11.6 Å². The Morgan fingerprint density at radius 2 is 2.18 bits per heavy atom. The molecule has 0 unspecified atom stereocenters. The van der Waals surface area contributed by atoms with Crippen molar-refractivity contribution in [2.24, 2.45) is 7.05 Å². The lowest BCUT2D eigenvalue weighted by Crippen LogP contribution is -2.13. The predicted octanol–water partition coefficient (Wildman–Crippen LogP) is 2.82. The number of benzene rings is 1. The maximum atomic E-state index is 11.9. The van der Waals surface area contributed by atoms with E-state index in [4.69, 9.17) is 0 Å². The number of carbonyl (C=O) groups is 1. The van der Waals surface area contributed by atoms with Crippen LogP contribution in [0.2, 0.25) is 0 Å². The van der Waals surface area contributed by atoms with E-state index in [1.807, 2.05) is 25.2 Å². The first-order chi connectivity index (χ1) is 10.7. The Labute approximate surface area is 135 Å². The first kappa shape index (κ1) is 14.7. The van der Waals surface area contributed by atoms with Crippen LogP contribution in [0.25, 0.3) is 0 Å². The van der Waals surface area contributed by atoms with Crippen LogP contribution in [0.1, 0.15) is 16.1 Å². The molecule has 0 bridgehead atoms. The second kappa shape index (κ2) is 6.71. The quantitative estimate of drug-likeness (QED) is 0.728. The molecular weight excluding hydrogens is 318 g/mol. The Bertz CT molecular complexity index is 768. The summed E-state index contributed by atoms with van der Waals surface area (Å²) in [5.41, 5.74) is 1.57. The number of rotatable bonds is 5. The van der Waals surface area contributed by atoms with E-state index in [1.54, 1.807) is 28.9 Å². The molecule has 8 heteroatoms. The summed E-state index contributed by atoms with van der Waals surface area (Å²) >= 11 is 2.87.